The van der Waals surface area contributed by atoms with Crippen molar-refractivity contribution in [3.05, 3.63) is 34.9 Å². The highest BCUT2D eigenvalue weighted by atomic mass is 35.5. The molecule has 2 aliphatic rings. The van der Waals surface area contributed by atoms with Gasteiger partial charge in [0.2, 0.25) is 11.8 Å². The zero-order valence-electron chi connectivity index (χ0n) is 12.0. The van der Waals surface area contributed by atoms with Gasteiger partial charge in [-0.1, -0.05) is 55.8 Å². The van der Waals surface area contributed by atoms with E-state index < -0.39 is 0 Å². The predicted molar refractivity (Wildman–Crippen MR) is 82.0 cm³/mol. The van der Waals surface area contributed by atoms with E-state index >= 15 is 0 Å². The molecule has 1 heterocycles. The van der Waals surface area contributed by atoms with Gasteiger partial charge < -0.3 is 0 Å². The highest BCUT2D eigenvalue weighted by Gasteiger charge is 2.41. The van der Waals surface area contributed by atoms with Crippen LogP contribution in [-0.4, -0.2) is 11.8 Å². The highest BCUT2D eigenvalue weighted by molar-refractivity contribution is 6.30. The Morgan fingerprint density at radius 1 is 1.00 bits per heavy atom. The van der Waals surface area contributed by atoms with E-state index in [1.165, 1.54) is 19.3 Å². The number of rotatable bonds is 2. The number of piperidine rings is 1. The van der Waals surface area contributed by atoms with Crippen LogP contribution in [0.3, 0.4) is 0 Å². The first-order chi connectivity index (χ1) is 10.1. The summed E-state index contributed by atoms with van der Waals surface area (Å²) in [5, 5.41) is 3.17. The topological polar surface area (TPSA) is 46.2 Å². The van der Waals surface area contributed by atoms with E-state index in [1.54, 1.807) is 0 Å². The van der Waals surface area contributed by atoms with Crippen molar-refractivity contribution >= 4 is 23.4 Å². The quantitative estimate of drug-likeness (QED) is 0.847. The third-order valence-electron chi connectivity index (χ3n) is 4.88. The summed E-state index contributed by atoms with van der Waals surface area (Å²) in [5.74, 6) is 0.121. The van der Waals surface area contributed by atoms with Crippen LogP contribution in [0.2, 0.25) is 5.02 Å². The van der Waals surface area contributed by atoms with Gasteiger partial charge in [0.25, 0.3) is 0 Å². The van der Waals surface area contributed by atoms with Gasteiger partial charge in [-0.25, -0.2) is 0 Å². The maximum absolute atomic E-state index is 12.4. The summed E-state index contributed by atoms with van der Waals surface area (Å²) in [6, 6.07) is 7.47. The van der Waals surface area contributed by atoms with E-state index in [-0.39, 0.29) is 23.7 Å². The van der Waals surface area contributed by atoms with Gasteiger partial charge in [0, 0.05) is 11.4 Å². The van der Waals surface area contributed by atoms with E-state index in [0.717, 1.165) is 18.4 Å². The van der Waals surface area contributed by atoms with E-state index in [4.69, 9.17) is 11.6 Å². The third kappa shape index (κ3) is 3.13. The molecule has 1 N–H and O–H groups in total. The first kappa shape index (κ1) is 14.6. The first-order valence-corrected chi connectivity index (χ1v) is 8.12. The average molecular weight is 306 g/mol. The number of hydrogen-bond donors (Lipinski definition) is 1. The largest absolute Gasteiger partial charge is 0.296 e. The van der Waals surface area contributed by atoms with Crippen LogP contribution in [0.15, 0.2) is 24.3 Å². The molecule has 3 rings (SSSR count). The third-order valence-corrected chi connectivity index (χ3v) is 5.13. The molecule has 1 saturated heterocycles. The molecule has 112 valence electrons. The highest BCUT2D eigenvalue weighted by Crippen LogP contribution is 2.42. The maximum Gasteiger partial charge on any atom is 0.234 e. The molecular formula is C17H20ClNO2. The van der Waals surface area contributed by atoms with Crippen molar-refractivity contribution in [1.82, 2.24) is 5.32 Å². The van der Waals surface area contributed by atoms with E-state index in [2.05, 4.69) is 5.32 Å². The molecule has 1 aliphatic carbocycles. The minimum absolute atomic E-state index is 0.124. The molecule has 1 aromatic carbocycles. The normalized spacial score (nSPS) is 27.5. The van der Waals surface area contributed by atoms with Gasteiger partial charge in [-0.3, -0.25) is 14.9 Å². The van der Waals surface area contributed by atoms with Crippen LogP contribution in [-0.2, 0) is 9.59 Å². The Hall–Kier alpha value is -1.35. The van der Waals surface area contributed by atoms with Crippen LogP contribution in [0, 0.1) is 11.8 Å². The second kappa shape index (κ2) is 6.18. The number of hydrogen-bond acceptors (Lipinski definition) is 2. The Labute approximate surface area is 130 Å². The lowest BCUT2D eigenvalue weighted by atomic mass is 9.69. The standard InChI is InChI=1S/C17H20ClNO2/c18-13-8-6-12(7-9-13)16-14(10-15(20)19-17(16)21)11-4-2-1-3-5-11/h6-9,11,14,16H,1-5,10H2,(H,19,20,21). The lowest BCUT2D eigenvalue weighted by molar-refractivity contribution is -0.137. The molecular weight excluding hydrogens is 286 g/mol. The number of imide groups is 1. The monoisotopic (exact) mass is 305 g/mol. The van der Waals surface area contributed by atoms with Gasteiger partial charge in [-0.2, -0.15) is 0 Å². The Morgan fingerprint density at radius 2 is 1.67 bits per heavy atom. The summed E-state index contributed by atoms with van der Waals surface area (Å²) in [5.41, 5.74) is 0.972. The fourth-order valence-electron chi connectivity index (χ4n) is 3.86. The Kier molecular flexibility index (Phi) is 4.29. The number of nitrogens with one attached hydrogen (secondary N) is 1. The summed E-state index contributed by atoms with van der Waals surface area (Å²) in [6.07, 6.45) is 6.43. The molecule has 0 spiro atoms. The molecule has 4 heteroatoms. The average Bonchev–Trinajstić information content (AvgIpc) is 2.49. The second-order valence-corrected chi connectivity index (χ2v) is 6.64. The van der Waals surface area contributed by atoms with Crippen LogP contribution < -0.4 is 5.32 Å². The molecule has 1 saturated carbocycles. The first-order valence-electron chi connectivity index (χ1n) is 7.74. The van der Waals surface area contributed by atoms with Crippen LogP contribution in [0.25, 0.3) is 0 Å². The van der Waals surface area contributed by atoms with Crippen LogP contribution in [0.4, 0.5) is 0 Å². The molecule has 1 aliphatic heterocycles. The zero-order chi connectivity index (χ0) is 14.8. The predicted octanol–water partition coefficient (Wildman–Crippen LogP) is 3.67. The maximum atomic E-state index is 12.4. The van der Waals surface area contributed by atoms with E-state index in [0.29, 0.717) is 17.4 Å². The van der Waals surface area contributed by atoms with Crippen molar-refractivity contribution in [2.75, 3.05) is 0 Å². The van der Waals surface area contributed by atoms with Gasteiger partial charge in [0.05, 0.1) is 5.92 Å². The van der Waals surface area contributed by atoms with Gasteiger partial charge in [0.1, 0.15) is 0 Å². The Balaban J connectivity index is 1.90. The van der Waals surface area contributed by atoms with E-state index in [9.17, 15) is 9.59 Å². The van der Waals surface area contributed by atoms with Crippen molar-refractivity contribution in [2.45, 2.75) is 44.4 Å². The molecule has 0 bridgehead atoms. The summed E-state index contributed by atoms with van der Waals surface area (Å²) in [7, 11) is 0. The fraction of sp³-hybridized carbons (Fsp3) is 0.529. The van der Waals surface area contributed by atoms with Crippen molar-refractivity contribution < 1.29 is 9.59 Å². The Bertz CT molecular complexity index is 534. The van der Waals surface area contributed by atoms with Crippen LogP contribution in [0.5, 0.6) is 0 Å². The molecule has 0 radical (unpaired) electrons. The van der Waals surface area contributed by atoms with Crippen molar-refractivity contribution in [1.29, 1.82) is 0 Å². The number of amides is 2. The Morgan fingerprint density at radius 3 is 2.33 bits per heavy atom. The second-order valence-electron chi connectivity index (χ2n) is 6.21. The summed E-state index contributed by atoms with van der Waals surface area (Å²) >= 11 is 5.94. The van der Waals surface area contributed by atoms with Crippen LogP contribution >= 0.6 is 11.6 Å². The zero-order valence-corrected chi connectivity index (χ0v) is 12.7. The van der Waals surface area contributed by atoms with Crippen molar-refractivity contribution in [2.24, 2.45) is 11.8 Å². The smallest absolute Gasteiger partial charge is 0.234 e. The molecule has 2 fully saturated rings. The van der Waals surface area contributed by atoms with Gasteiger partial charge >= 0.3 is 0 Å². The van der Waals surface area contributed by atoms with Gasteiger partial charge in [-0.05, 0) is 29.5 Å². The molecule has 2 unspecified atom stereocenters. The number of halogens is 1. The molecule has 0 aromatic heterocycles. The lowest BCUT2D eigenvalue weighted by Crippen LogP contribution is -2.46. The number of carbonyl (C=O) groups is 2. The lowest BCUT2D eigenvalue weighted by Gasteiger charge is -2.37. The van der Waals surface area contributed by atoms with Crippen molar-refractivity contribution in [3.63, 3.8) is 0 Å². The number of carbonyl (C=O) groups excluding carboxylic acids is 2. The molecule has 1 aromatic rings. The SMILES string of the molecule is O=C1CC(C2CCCCC2)C(c2ccc(Cl)cc2)C(=O)N1. The summed E-state index contributed by atoms with van der Waals surface area (Å²) < 4.78 is 0. The molecule has 21 heavy (non-hydrogen) atoms. The molecule has 2 amide bonds. The van der Waals surface area contributed by atoms with Crippen molar-refractivity contribution in [3.8, 4) is 0 Å². The fourth-order valence-corrected chi connectivity index (χ4v) is 3.99. The van der Waals surface area contributed by atoms with E-state index in [1.807, 2.05) is 24.3 Å². The number of benzene rings is 1. The minimum atomic E-state index is -0.219. The van der Waals surface area contributed by atoms with Gasteiger partial charge in [0.15, 0.2) is 0 Å². The molecule has 2 atom stereocenters. The van der Waals surface area contributed by atoms with Crippen LogP contribution in [0.1, 0.15) is 50.0 Å². The van der Waals surface area contributed by atoms with Gasteiger partial charge in [-0.15, -0.1) is 0 Å². The molecule has 3 nitrogen and oxygen atoms in total. The summed E-state index contributed by atoms with van der Waals surface area (Å²) in [4.78, 5) is 24.2. The minimum Gasteiger partial charge on any atom is -0.296 e. The summed E-state index contributed by atoms with van der Waals surface area (Å²) in [6.45, 7) is 0.